The van der Waals surface area contributed by atoms with Crippen molar-refractivity contribution in [3.63, 3.8) is 0 Å². The Kier molecular flexibility index (Phi) is 7.86. The van der Waals surface area contributed by atoms with Gasteiger partial charge in [-0.3, -0.25) is 4.99 Å². The van der Waals surface area contributed by atoms with Crippen LogP contribution in [-0.2, 0) is 0 Å². The monoisotopic (exact) mass is 331 g/mol. The molecule has 1 unspecified atom stereocenters. The molecule has 0 bridgehead atoms. The Balaban J connectivity index is 1.59. The van der Waals surface area contributed by atoms with Gasteiger partial charge in [-0.15, -0.1) is 0 Å². The van der Waals surface area contributed by atoms with E-state index in [1.54, 1.807) is 0 Å². The largest absolute Gasteiger partial charge is 0.370 e. The fourth-order valence-electron chi connectivity index (χ4n) is 3.35. The zero-order valence-electron chi connectivity index (χ0n) is 15.5. The number of anilines is 1. The Morgan fingerprint density at radius 1 is 1.33 bits per heavy atom. The van der Waals surface area contributed by atoms with Crippen LogP contribution in [0.15, 0.2) is 29.4 Å². The summed E-state index contributed by atoms with van der Waals surface area (Å²) in [5.74, 6) is 3.64. The molecule has 24 heavy (non-hydrogen) atoms. The van der Waals surface area contributed by atoms with Gasteiger partial charge in [-0.05, 0) is 49.7 Å². The fraction of sp³-hybridized carbons (Fsp3) is 0.684. The second kappa shape index (κ2) is 10.2. The van der Waals surface area contributed by atoms with Gasteiger partial charge in [0, 0.05) is 39.4 Å². The summed E-state index contributed by atoms with van der Waals surface area (Å²) in [5, 5.41) is 6.86. The molecule has 1 aromatic heterocycles. The third-order valence-corrected chi connectivity index (χ3v) is 4.46. The fourth-order valence-corrected chi connectivity index (χ4v) is 3.35. The van der Waals surface area contributed by atoms with Crippen molar-refractivity contribution < 1.29 is 0 Å². The van der Waals surface area contributed by atoms with Crippen LogP contribution in [0.1, 0.15) is 39.5 Å². The molecule has 0 saturated carbocycles. The van der Waals surface area contributed by atoms with Crippen molar-refractivity contribution in [2.45, 2.75) is 39.5 Å². The van der Waals surface area contributed by atoms with Crippen molar-refractivity contribution in [3.05, 3.63) is 24.4 Å². The first kappa shape index (κ1) is 18.6. The van der Waals surface area contributed by atoms with E-state index in [0.29, 0.717) is 0 Å². The standard InChI is InChI=1S/C19H33N5/c1-16(2)14-17-9-13-24(15-17)19(20-3)23-12-7-6-11-22-18-8-4-5-10-21-18/h4-5,8,10,16-17H,6-7,9,11-15H2,1-3H3,(H,20,23)(H,21,22). The van der Waals surface area contributed by atoms with Gasteiger partial charge in [-0.2, -0.15) is 0 Å². The van der Waals surface area contributed by atoms with Crippen LogP contribution in [0.25, 0.3) is 0 Å². The summed E-state index contributed by atoms with van der Waals surface area (Å²) < 4.78 is 0. The molecule has 1 saturated heterocycles. The summed E-state index contributed by atoms with van der Waals surface area (Å²) in [4.78, 5) is 11.1. The number of guanidine groups is 1. The molecule has 0 aliphatic carbocycles. The van der Waals surface area contributed by atoms with Gasteiger partial charge in [0.05, 0.1) is 0 Å². The van der Waals surface area contributed by atoms with Crippen LogP contribution in [0, 0.1) is 11.8 Å². The van der Waals surface area contributed by atoms with Crippen LogP contribution in [-0.4, -0.2) is 49.1 Å². The average Bonchev–Trinajstić information content (AvgIpc) is 3.02. The number of hydrogen-bond donors (Lipinski definition) is 2. The van der Waals surface area contributed by atoms with Crippen molar-refractivity contribution in [2.24, 2.45) is 16.8 Å². The van der Waals surface area contributed by atoms with E-state index in [0.717, 1.165) is 62.6 Å². The van der Waals surface area contributed by atoms with Crippen LogP contribution in [0.5, 0.6) is 0 Å². The molecule has 134 valence electrons. The molecule has 1 aliphatic rings. The second-order valence-electron chi connectivity index (χ2n) is 7.05. The maximum absolute atomic E-state index is 4.45. The van der Waals surface area contributed by atoms with Crippen molar-refractivity contribution in [2.75, 3.05) is 38.5 Å². The summed E-state index contributed by atoms with van der Waals surface area (Å²) >= 11 is 0. The SMILES string of the molecule is CN=C(NCCCCNc1ccccn1)N1CCC(CC(C)C)C1. The molecule has 2 heterocycles. The summed E-state index contributed by atoms with van der Waals surface area (Å²) in [6.45, 7) is 8.85. The Labute approximate surface area is 147 Å². The highest BCUT2D eigenvalue weighted by Gasteiger charge is 2.25. The van der Waals surface area contributed by atoms with Crippen molar-refractivity contribution in [1.29, 1.82) is 0 Å². The second-order valence-corrected chi connectivity index (χ2v) is 7.05. The normalized spacial score (nSPS) is 18.2. The Morgan fingerprint density at radius 3 is 2.88 bits per heavy atom. The zero-order valence-corrected chi connectivity index (χ0v) is 15.5. The molecule has 1 aromatic rings. The van der Waals surface area contributed by atoms with Crippen LogP contribution in [0.4, 0.5) is 5.82 Å². The number of likely N-dealkylation sites (tertiary alicyclic amines) is 1. The highest BCUT2D eigenvalue weighted by atomic mass is 15.3. The first-order chi connectivity index (χ1) is 11.7. The lowest BCUT2D eigenvalue weighted by atomic mass is 9.97. The summed E-state index contributed by atoms with van der Waals surface area (Å²) in [6.07, 6.45) is 6.69. The summed E-state index contributed by atoms with van der Waals surface area (Å²) in [5.41, 5.74) is 0. The number of aliphatic imine (C=N–C) groups is 1. The highest BCUT2D eigenvalue weighted by Crippen LogP contribution is 2.23. The summed E-state index contributed by atoms with van der Waals surface area (Å²) in [7, 11) is 1.89. The van der Waals surface area contributed by atoms with Crippen LogP contribution in [0.3, 0.4) is 0 Å². The molecule has 0 spiro atoms. The maximum Gasteiger partial charge on any atom is 0.193 e. The van der Waals surface area contributed by atoms with E-state index in [-0.39, 0.29) is 0 Å². The smallest absolute Gasteiger partial charge is 0.193 e. The summed E-state index contributed by atoms with van der Waals surface area (Å²) in [6, 6.07) is 5.94. The zero-order chi connectivity index (χ0) is 17.2. The predicted octanol–water partition coefficient (Wildman–Crippen LogP) is 3.22. The molecule has 0 radical (unpaired) electrons. The Morgan fingerprint density at radius 2 is 2.17 bits per heavy atom. The van der Waals surface area contributed by atoms with Crippen molar-refractivity contribution in [3.8, 4) is 0 Å². The minimum Gasteiger partial charge on any atom is -0.370 e. The topological polar surface area (TPSA) is 52.6 Å². The quantitative estimate of drug-likeness (QED) is 0.436. The minimum absolute atomic E-state index is 0.788. The molecule has 1 aliphatic heterocycles. The average molecular weight is 332 g/mol. The van der Waals surface area contributed by atoms with E-state index >= 15 is 0 Å². The van der Waals surface area contributed by atoms with Gasteiger partial charge in [0.2, 0.25) is 0 Å². The molecule has 2 N–H and O–H groups in total. The lowest BCUT2D eigenvalue weighted by Crippen LogP contribution is -2.40. The number of rotatable bonds is 8. The first-order valence-electron chi connectivity index (χ1n) is 9.29. The Hall–Kier alpha value is -1.78. The van der Waals surface area contributed by atoms with Gasteiger partial charge in [0.15, 0.2) is 5.96 Å². The third kappa shape index (κ3) is 6.38. The van der Waals surface area contributed by atoms with E-state index in [2.05, 4.69) is 39.4 Å². The van der Waals surface area contributed by atoms with E-state index in [4.69, 9.17) is 0 Å². The first-order valence-corrected chi connectivity index (χ1v) is 9.29. The van der Waals surface area contributed by atoms with Gasteiger partial charge >= 0.3 is 0 Å². The maximum atomic E-state index is 4.45. The molecule has 0 amide bonds. The molecule has 5 nitrogen and oxygen atoms in total. The van der Waals surface area contributed by atoms with Gasteiger partial charge in [-0.25, -0.2) is 4.98 Å². The number of hydrogen-bond acceptors (Lipinski definition) is 3. The van der Waals surface area contributed by atoms with Crippen molar-refractivity contribution >= 4 is 11.8 Å². The van der Waals surface area contributed by atoms with Gasteiger partial charge in [-0.1, -0.05) is 19.9 Å². The van der Waals surface area contributed by atoms with Crippen LogP contribution < -0.4 is 10.6 Å². The molecule has 5 heteroatoms. The van der Waals surface area contributed by atoms with Crippen LogP contribution in [0.2, 0.25) is 0 Å². The number of nitrogens with zero attached hydrogens (tertiary/aromatic N) is 3. The van der Waals surface area contributed by atoms with Crippen molar-refractivity contribution in [1.82, 2.24) is 15.2 Å². The van der Waals surface area contributed by atoms with E-state index in [1.807, 2.05) is 31.4 Å². The van der Waals surface area contributed by atoms with Gasteiger partial charge < -0.3 is 15.5 Å². The molecular formula is C19H33N5. The van der Waals surface area contributed by atoms with Gasteiger partial charge in [0.1, 0.15) is 5.82 Å². The van der Waals surface area contributed by atoms with Crippen LogP contribution >= 0.6 is 0 Å². The molecule has 0 aromatic carbocycles. The third-order valence-electron chi connectivity index (χ3n) is 4.46. The molecule has 1 atom stereocenters. The number of unbranched alkanes of at least 4 members (excludes halogenated alkanes) is 1. The minimum atomic E-state index is 0.788. The molecule has 2 rings (SSSR count). The Bertz CT molecular complexity index is 486. The van der Waals surface area contributed by atoms with E-state index in [1.165, 1.54) is 12.8 Å². The van der Waals surface area contributed by atoms with E-state index < -0.39 is 0 Å². The lowest BCUT2D eigenvalue weighted by molar-refractivity contribution is 0.403. The van der Waals surface area contributed by atoms with E-state index in [9.17, 15) is 0 Å². The lowest BCUT2D eigenvalue weighted by Gasteiger charge is -2.22. The number of nitrogens with one attached hydrogen (secondary N) is 2. The predicted molar refractivity (Wildman–Crippen MR) is 102 cm³/mol. The number of aromatic nitrogens is 1. The number of pyridine rings is 1. The highest BCUT2D eigenvalue weighted by molar-refractivity contribution is 5.80. The molecular weight excluding hydrogens is 298 g/mol. The van der Waals surface area contributed by atoms with Gasteiger partial charge in [0.25, 0.3) is 0 Å². The molecule has 1 fully saturated rings.